The third-order valence-electron chi connectivity index (χ3n) is 4.32. The zero-order valence-corrected chi connectivity index (χ0v) is 13.6. The van der Waals surface area contributed by atoms with Crippen molar-refractivity contribution in [2.75, 3.05) is 24.6 Å². The third-order valence-corrected chi connectivity index (χ3v) is 5.11. The fourth-order valence-corrected chi connectivity index (χ4v) is 3.55. The molecule has 1 atom stereocenters. The van der Waals surface area contributed by atoms with Gasteiger partial charge in [0.05, 0.1) is 18.7 Å². The summed E-state index contributed by atoms with van der Waals surface area (Å²) in [5.41, 5.74) is 0.108. The molecule has 0 bridgehead atoms. The molecule has 128 valence electrons. The van der Waals surface area contributed by atoms with Crippen LogP contribution in [-0.2, 0) is 10.9 Å². The van der Waals surface area contributed by atoms with Crippen molar-refractivity contribution in [2.24, 2.45) is 0 Å². The molecule has 24 heavy (non-hydrogen) atoms. The first-order chi connectivity index (χ1) is 11.5. The average molecular weight is 355 g/mol. The minimum atomic E-state index is -4.32. The van der Waals surface area contributed by atoms with Crippen LogP contribution >= 0.6 is 11.5 Å². The van der Waals surface area contributed by atoms with Gasteiger partial charge in [0.25, 0.3) is 0 Å². The topological polar surface area (TPSA) is 38.2 Å². The zero-order chi connectivity index (χ0) is 16.7. The van der Waals surface area contributed by atoms with Crippen LogP contribution in [-0.4, -0.2) is 29.1 Å². The lowest BCUT2D eigenvalue weighted by Crippen LogP contribution is -2.38. The summed E-state index contributed by atoms with van der Waals surface area (Å²) in [7, 11) is 0. The van der Waals surface area contributed by atoms with Crippen LogP contribution in [0.3, 0.4) is 0 Å². The Labute approximate surface area is 141 Å². The van der Waals surface area contributed by atoms with Gasteiger partial charge < -0.3 is 9.64 Å². The molecule has 0 N–H and O–H groups in total. The third kappa shape index (κ3) is 3.25. The van der Waals surface area contributed by atoms with Crippen molar-refractivity contribution >= 4 is 16.7 Å². The second-order valence-corrected chi connectivity index (χ2v) is 6.86. The van der Waals surface area contributed by atoms with E-state index >= 15 is 0 Å². The first kappa shape index (κ1) is 15.8. The van der Waals surface area contributed by atoms with Crippen LogP contribution in [0.15, 0.2) is 24.3 Å². The number of morpholine rings is 1. The van der Waals surface area contributed by atoms with Crippen molar-refractivity contribution in [1.29, 1.82) is 0 Å². The molecule has 1 saturated heterocycles. The van der Waals surface area contributed by atoms with Gasteiger partial charge in [-0.05, 0) is 30.5 Å². The SMILES string of the molecule is FC(F)(F)c1ccc(C2CN(c3nc(C4CC4)ns3)CCO2)cc1. The second-order valence-electron chi connectivity index (χ2n) is 6.13. The van der Waals surface area contributed by atoms with Crippen LogP contribution in [0.4, 0.5) is 18.3 Å². The van der Waals surface area contributed by atoms with Crippen LogP contribution in [0.1, 0.15) is 41.8 Å². The van der Waals surface area contributed by atoms with Crippen molar-refractivity contribution in [2.45, 2.75) is 31.0 Å². The van der Waals surface area contributed by atoms with Crippen LogP contribution in [0, 0.1) is 0 Å². The summed E-state index contributed by atoms with van der Waals surface area (Å²) < 4.78 is 48.1. The van der Waals surface area contributed by atoms with E-state index in [1.165, 1.54) is 23.7 Å². The number of nitrogens with zero attached hydrogens (tertiary/aromatic N) is 3. The summed E-state index contributed by atoms with van der Waals surface area (Å²) in [6, 6.07) is 5.20. The summed E-state index contributed by atoms with van der Waals surface area (Å²) in [5.74, 6) is 1.44. The van der Waals surface area contributed by atoms with Gasteiger partial charge in [0, 0.05) is 24.0 Å². The lowest BCUT2D eigenvalue weighted by atomic mass is 10.1. The number of hydrogen-bond acceptors (Lipinski definition) is 5. The molecular weight excluding hydrogens is 339 g/mol. The summed E-state index contributed by atoms with van der Waals surface area (Å²) >= 11 is 1.39. The molecule has 0 amide bonds. The van der Waals surface area contributed by atoms with E-state index in [9.17, 15) is 13.2 Å². The predicted octanol–water partition coefficient (Wildman–Crippen LogP) is 4.01. The minimum Gasteiger partial charge on any atom is -0.370 e. The number of halogens is 3. The largest absolute Gasteiger partial charge is 0.416 e. The minimum absolute atomic E-state index is 0.255. The molecule has 2 aliphatic rings. The number of rotatable bonds is 3. The van der Waals surface area contributed by atoms with E-state index in [4.69, 9.17) is 4.74 Å². The molecule has 1 aromatic heterocycles. The van der Waals surface area contributed by atoms with Crippen LogP contribution in [0.25, 0.3) is 0 Å². The maximum atomic E-state index is 12.7. The Morgan fingerprint density at radius 3 is 2.58 bits per heavy atom. The highest BCUT2D eigenvalue weighted by molar-refractivity contribution is 7.09. The van der Waals surface area contributed by atoms with Gasteiger partial charge in [-0.1, -0.05) is 12.1 Å². The average Bonchev–Trinajstić information content (AvgIpc) is 3.31. The van der Waals surface area contributed by atoms with Gasteiger partial charge in [0.15, 0.2) is 0 Å². The van der Waals surface area contributed by atoms with Gasteiger partial charge in [-0.3, -0.25) is 0 Å². The smallest absolute Gasteiger partial charge is 0.370 e. The maximum absolute atomic E-state index is 12.7. The molecule has 0 spiro atoms. The lowest BCUT2D eigenvalue weighted by molar-refractivity contribution is -0.137. The van der Waals surface area contributed by atoms with Crippen LogP contribution in [0.5, 0.6) is 0 Å². The zero-order valence-electron chi connectivity index (χ0n) is 12.8. The van der Waals surface area contributed by atoms with Gasteiger partial charge in [-0.2, -0.15) is 17.5 Å². The van der Waals surface area contributed by atoms with Gasteiger partial charge in [-0.15, -0.1) is 0 Å². The molecule has 1 aromatic carbocycles. The second kappa shape index (κ2) is 6.00. The first-order valence-electron chi connectivity index (χ1n) is 7.88. The molecule has 1 unspecified atom stereocenters. The van der Waals surface area contributed by atoms with Crippen molar-refractivity contribution in [3.8, 4) is 0 Å². The number of hydrogen-bond donors (Lipinski definition) is 0. The molecule has 8 heteroatoms. The first-order valence-corrected chi connectivity index (χ1v) is 8.65. The van der Waals surface area contributed by atoms with Gasteiger partial charge in [-0.25, -0.2) is 4.98 Å². The number of ether oxygens (including phenoxy) is 1. The monoisotopic (exact) mass is 355 g/mol. The van der Waals surface area contributed by atoms with Gasteiger partial charge >= 0.3 is 6.18 Å². The molecule has 0 radical (unpaired) electrons. The fraction of sp³-hybridized carbons (Fsp3) is 0.500. The van der Waals surface area contributed by atoms with Gasteiger partial charge in [0.2, 0.25) is 5.13 Å². The highest BCUT2D eigenvalue weighted by Crippen LogP contribution is 2.40. The molecule has 2 fully saturated rings. The molecule has 1 aliphatic carbocycles. The molecule has 2 aromatic rings. The van der Waals surface area contributed by atoms with E-state index < -0.39 is 11.7 Å². The summed E-state index contributed by atoms with van der Waals surface area (Å²) in [6.45, 7) is 1.81. The van der Waals surface area contributed by atoms with E-state index in [0.29, 0.717) is 19.1 Å². The van der Waals surface area contributed by atoms with Crippen molar-refractivity contribution in [1.82, 2.24) is 9.36 Å². The van der Waals surface area contributed by atoms with E-state index in [1.54, 1.807) is 0 Å². The Bertz CT molecular complexity index is 712. The molecule has 1 saturated carbocycles. The standard InChI is InChI=1S/C16H16F3N3OS/c17-16(18,19)12-5-3-10(4-6-12)13-9-22(7-8-23-13)15-20-14(21-24-15)11-1-2-11/h3-6,11,13H,1-2,7-9H2. The molecular formula is C16H16F3N3OS. The fourth-order valence-electron chi connectivity index (χ4n) is 2.77. The Morgan fingerprint density at radius 1 is 1.17 bits per heavy atom. The Hall–Kier alpha value is -1.67. The number of anilines is 1. The summed E-state index contributed by atoms with van der Waals surface area (Å²) in [4.78, 5) is 6.71. The number of benzene rings is 1. The molecule has 4 nitrogen and oxygen atoms in total. The Morgan fingerprint density at radius 2 is 1.92 bits per heavy atom. The maximum Gasteiger partial charge on any atom is 0.416 e. The van der Waals surface area contributed by atoms with E-state index in [2.05, 4.69) is 14.3 Å². The molecule has 2 heterocycles. The number of aromatic nitrogens is 2. The molecule has 4 rings (SSSR count). The quantitative estimate of drug-likeness (QED) is 0.834. The van der Waals surface area contributed by atoms with Crippen molar-refractivity contribution in [3.63, 3.8) is 0 Å². The van der Waals surface area contributed by atoms with Crippen molar-refractivity contribution in [3.05, 3.63) is 41.2 Å². The Balaban J connectivity index is 1.47. The van der Waals surface area contributed by atoms with Crippen LogP contribution < -0.4 is 4.90 Å². The van der Waals surface area contributed by atoms with E-state index in [-0.39, 0.29) is 6.10 Å². The lowest BCUT2D eigenvalue weighted by Gasteiger charge is -2.32. The highest BCUT2D eigenvalue weighted by atomic mass is 32.1. The van der Waals surface area contributed by atoms with Crippen LogP contribution in [0.2, 0.25) is 0 Å². The summed E-state index contributed by atoms with van der Waals surface area (Å²) in [6.07, 6.45) is -2.25. The van der Waals surface area contributed by atoms with E-state index in [1.807, 2.05) is 0 Å². The van der Waals surface area contributed by atoms with Gasteiger partial charge in [0.1, 0.15) is 11.9 Å². The highest BCUT2D eigenvalue weighted by Gasteiger charge is 2.32. The predicted molar refractivity (Wildman–Crippen MR) is 84.2 cm³/mol. The number of alkyl halides is 3. The summed E-state index contributed by atoms with van der Waals surface area (Å²) in [5, 5.41) is 0.872. The van der Waals surface area contributed by atoms with Crippen molar-refractivity contribution < 1.29 is 17.9 Å². The molecule has 1 aliphatic heterocycles. The Kier molecular flexibility index (Phi) is 3.96. The normalized spacial score (nSPS) is 22.0. The van der Waals surface area contributed by atoms with E-state index in [0.717, 1.165) is 48.0 Å².